The lowest BCUT2D eigenvalue weighted by atomic mass is 10.1. The molecule has 0 heterocycles. The van der Waals surface area contributed by atoms with Crippen LogP contribution in [0.5, 0.6) is 0 Å². The molecule has 1 aliphatic rings. The first-order valence-electron chi connectivity index (χ1n) is 7.15. The molecular weight excluding hydrogens is 314 g/mol. The van der Waals surface area contributed by atoms with E-state index in [0.717, 1.165) is 11.5 Å². The van der Waals surface area contributed by atoms with Gasteiger partial charge in [0.25, 0.3) is 0 Å². The molecule has 1 aromatic rings. The Morgan fingerprint density at radius 1 is 1.35 bits per heavy atom. The molecule has 1 amide bonds. The average Bonchev–Trinajstić information content (AvgIpc) is 3.21. The minimum atomic E-state index is -0.519. The van der Waals surface area contributed by atoms with Gasteiger partial charge in [0, 0.05) is 13.1 Å². The van der Waals surface area contributed by atoms with E-state index in [2.05, 4.69) is 40.2 Å². The maximum absolute atomic E-state index is 12.5. The summed E-state index contributed by atoms with van der Waals surface area (Å²) < 4.78 is -0.519. The van der Waals surface area contributed by atoms with E-state index in [9.17, 15) is 4.79 Å². The smallest absolute Gasteiger partial charge is 0.239 e. The lowest BCUT2D eigenvalue weighted by Gasteiger charge is -2.27. The van der Waals surface area contributed by atoms with Gasteiger partial charge in [-0.25, -0.2) is 0 Å². The molecule has 0 bridgehead atoms. The maximum atomic E-state index is 12.5. The highest BCUT2D eigenvalue weighted by Gasteiger charge is 2.28. The van der Waals surface area contributed by atoms with Crippen LogP contribution in [0.25, 0.3) is 0 Å². The number of amides is 1. The number of hydrogen-bond acceptors (Lipinski definition) is 1. The van der Waals surface area contributed by atoms with Crippen molar-refractivity contribution in [1.29, 1.82) is 0 Å². The number of rotatable bonds is 6. The van der Waals surface area contributed by atoms with Gasteiger partial charge in [0.15, 0.2) is 0 Å². The molecule has 1 aromatic carbocycles. The van der Waals surface area contributed by atoms with Crippen LogP contribution in [-0.2, 0) is 11.3 Å². The standard InChI is InChI=1S/C17H22BrNO/c1-17(2,18)16(20)19(12-6-9-14-10-11-14)13-15-7-4-3-5-8-15/h3-9,14H,10-13H2,1-2H3/b9-6-. The minimum Gasteiger partial charge on any atom is -0.333 e. The average molecular weight is 336 g/mol. The van der Waals surface area contributed by atoms with Crippen LogP contribution in [0.15, 0.2) is 42.5 Å². The molecule has 0 N–H and O–H groups in total. The second-order valence-electron chi connectivity index (χ2n) is 5.91. The van der Waals surface area contributed by atoms with Crippen molar-refractivity contribution in [2.45, 2.75) is 37.6 Å². The molecule has 108 valence electrons. The number of allylic oxidation sites excluding steroid dienone is 1. The summed E-state index contributed by atoms with van der Waals surface area (Å²) in [7, 11) is 0. The van der Waals surface area contributed by atoms with Crippen LogP contribution in [0.2, 0.25) is 0 Å². The number of nitrogens with zero attached hydrogens (tertiary/aromatic N) is 1. The van der Waals surface area contributed by atoms with Gasteiger partial charge >= 0.3 is 0 Å². The number of hydrogen-bond donors (Lipinski definition) is 0. The van der Waals surface area contributed by atoms with Crippen LogP contribution >= 0.6 is 15.9 Å². The monoisotopic (exact) mass is 335 g/mol. The number of benzene rings is 1. The number of alkyl halides is 1. The fourth-order valence-corrected chi connectivity index (χ4v) is 2.32. The summed E-state index contributed by atoms with van der Waals surface area (Å²) >= 11 is 3.48. The van der Waals surface area contributed by atoms with Gasteiger partial charge in [0.2, 0.25) is 5.91 Å². The Morgan fingerprint density at radius 3 is 2.55 bits per heavy atom. The molecule has 2 nitrogen and oxygen atoms in total. The number of halogens is 1. The lowest BCUT2D eigenvalue weighted by molar-refractivity contribution is -0.132. The molecule has 0 unspecified atom stereocenters. The van der Waals surface area contributed by atoms with Crippen molar-refractivity contribution in [2.24, 2.45) is 5.92 Å². The van der Waals surface area contributed by atoms with Crippen LogP contribution in [0.1, 0.15) is 32.3 Å². The third-order valence-corrected chi connectivity index (χ3v) is 3.71. The van der Waals surface area contributed by atoms with Gasteiger partial charge < -0.3 is 4.90 Å². The van der Waals surface area contributed by atoms with Crippen molar-refractivity contribution < 1.29 is 4.79 Å². The summed E-state index contributed by atoms with van der Waals surface area (Å²) in [4.78, 5) is 14.4. The van der Waals surface area contributed by atoms with Crippen molar-refractivity contribution in [3.63, 3.8) is 0 Å². The summed E-state index contributed by atoms with van der Waals surface area (Å²) in [5.74, 6) is 0.877. The molecule has 1 fully saturated rings. The van der Waals surface area contributed by atoms with Crippen LogP contribution in [-0.4, -0.2) is 21.7 Å². The van der Waals surface area contributed by atoms with Crippen molar-refractivity contribution in [3.05, 3.63) is 48.0 Å². The van der Waals surface area contributed by atoms with E-state index in [1.54, 1.807) is 0 Å². The fourth-order valence-electron chi connectivity index (χ4n) is 2.07. The Balaban J connectivity index is 2.04. The first-order valence-corrected chi connectivity index (χ1v) is 7.95. The zero-order valence-electron chi connectivity index (χ0n) is 12.2. The molecule has 2 rings (SSSR count). The lowest BCUT2D eigenvalue weighted by Crippen LogP contribution is -2.41. The van der Waals surface area contributed by atoms with E-state index in [0.29, 0.717) is 13.1 Å². The second-order valence-corrected chi connectivity index (χ2v) is 7.89. The van der Waals surface area contributed by atoms with Gasteiger partial charge in [-0.05, 0) is 38.2 Å². The van der Waals surface area contributed by atoms with Gasteiger partial charge in [-0.2, -0.15) is 0 Å². The van der Waals surface area contributed by atoms with Gasteiger partial charge in [0.1, 0.15) is 0 Å². The predicted octanol–water partition coefficient (Wildman–Crippen LogP) is 4.15. The van der Waals surface area contributed by atoms with E-state index < -0.39 is 4.32 Å². The molecule has 1 saturated carbocycles. The first-order chi connectivity index (χ1) is 9.47. The highest BCUT2D eigenvalue weighted by Crippen LogP contribution is 2.30. The van der Waals surface area contributed by atoms with Crippen molar-refractivity contribution in [1.82, 2.24) is 4.90 Å². The SMILES string of the molecule is CC(C)(Br)C(=O)N(C/C=C\C1CC1)Cc1ccccc1. The van der Waals surface area contributed by atoms with Gasteiger partial charge in [0.05, 0.1) is 4.32 Å². The predicted molar refractivity (Wildman–Crippen MR) is 86.7 cm³/mol. The summed E-state index contributed by atoms with van der Waals surface area (Å²) in [6.07, 6.45) is 6.98. The van der Waals surface area contributed by atoms with E-state index in [-0.39, 0.29) is 5.91 Å². The molecule has 0 aromatic heterocycles. The Bertz CT molecular complexity index is 472. The van der Waals surface area contributed by atoms with Gasteiger partial charge in [-0.3, -0.25) is 4.79 Å². The van der Waals surface area contributed by atoms with Crippen LogP contribution in [0.3, 0.4) is 0 Å². The summed E-state index contributed by atoms with van der Waals surface area (Å²) in [6.45, 7) is 5.14. The molecule has 0 radical (unpaired) electrons. The number of carbonyl (C=O) groups excluding carboxylic acids is 1. The van der Waals surface area contributed by atoms with Crippen molar-refractivity contribution in [3.8, 4) is 0 Å². The van der Waals surface area contributed by atoms with Gasteiger partial charge in [-0.15, -0.1) is 0 Å². The van der Waals surface area contributed by atoms with Crippen molar-refractivity contribution in [2.75, 3.05) is 6.54 Å². The molecule has 0 spiro atoms. The molecule has 20 heavy (non-hydrogen) atoms. The quantitative estimate of drug-likeness (QED) is 0.564. The number of carbonyl (C=O) groups is 1. The van der Waals surface area contributed by atoms with E-state index in [1.165, 1.54) is 12.8 Å². The largest absolute Gasteiger partial charge is 0.333 e. The van der Waals surface area contributed by atoms with E-state index in [1.807, 2.05) is 36.9 Å². The molecule has 0 aliphatic heterocycles. The fraction of sp³-hybridized carbons (Fsp3) is 0.471. The molecular formula is C17H22BrNO. The van der Waals surface area contributed by atoms with Crippen LogP contribution in [0.4, 0.5) is 0 Å². The molecule has 0 atom stereocenters. The van der Waals surface area contributed by atoms with E-state index in [4.69, 9.17) is 0 Å². The highest BCUT2D eigenvalue weighted by atomic mass is 79.9. The Kier molecular flexibility index (Phi) is 5.03. The third kappa shape index (κ3) is 4.78. The topological polar surface area (TPSA) is 20.3 Å². The maximum Gasteiger partial charge on any atom is 0.239 e. The Hall–Kier alpha value is -1.09. The molecule has 1 aliphatic carbocycles. The third-order valence-electron chi connectivity index (χ3n) is 3.37. The summed E-state index contributed by atoms with van der Waals surface area (Å²) in [6, 6.07) is 10.1. The van der Waals surface area contributed by atoms with Crippen LogP contribution in [0, 0.1) is 5.92 Å². The zero-order chi connectivity index (χ0) is 14.6. The minimum absolute atomic E-state index is 0.127. The summed E-state index contributed by atoms with van der Waals surface area (Å²) in [5.41, 5.74) is 1.16. The zero-order valence-corrected chi connectivity index (χ0v) is 13.8. The highest BCUT2D eigenvalue weighted by molar-refractivity contribution is 9.10. The van der Waals surface area contributed by atoms with E-state index >= 15 is 0 Å². The Labute approximate surface area is 130 Å². The first kappa shape index (κ1) is 15.3. The molecule has 3 heteroatoms. The summed E-state index contributed by atoms with van der Waals surface area (Å²) in [5, 5.41) is 0. The van der Waals surface area contributed by atoms with Crippen molar-refractivity contribution >= 4 is 21.8 Å². The second kappa shape index (κ2) is 6.57. The normalized spacial score (nSPS) is 15.6. The van der Waals surface area contributed by atoms with Crippen LogP contribution < -0.4 is 0 Å². The van der Waals surface area contributed by atoms with Gasteiger partial charge in [-0.1, -0.05) is 58.4 Å². The molecule has 0 saturated heterocycles. The Morgan fingerprint density at radius 2 is 2.00 bits per heavy atom.